The summed E-state index contributed by atoms with van der Waals surface area (Å²) in [6.45, 7) is 17.7. The van der Waals surface area contributed by atoms with E-state index in [2.05, 4.69) is 46.8 Å². The summed E-state index contributed by atoms with van der Waals surface area (Å²) in [5, 5.41) is 11.5. The lowest BCUT2D eigenvalue weighted by Gasteiger charge is -2.41. The Labute approximate surface area is 264 Å². The fourth-order valence-corrected chi connectivity index (χ4v) is 7.49. The first kappa shape index (κ1) is 30.5. The standard InChI is InChI=1S/C35H43N5O3S/c1-21-28(24-8-9-25-20-40(15-11-23(25)18-24)33-38-26-19-36-14-10-27(26)44-33)30(39-16-12-35(6,7)13-17-39)29(22(2)37-21)31(32(41)42)43-34(3,4)5/h8-10,14,18-19,31H,11-13,15-17,20H2,1-7H3,(H,41,42). The average molecular weight is 614 g/mol. The van der Waals surface area contributed by atoms with Gasteiger partial charge in [0.1, 0.15) is 5.52 Å². The van der Waals surface area contributed by atoms with Crippen LogP contribution in [-0.2, 0) is 22.5 Å². The maximum absolute atomic E-state index is 12.8. The van der Waals surface area contributed by atoms with Crippen LogP contribution >= 0.6 is 11.3 Å². The molecule has 1 fully saturated rings. The van der Waals surface area contributed by atoms with E-state index < -0.39 is 17.7 Å². The van der Waals surface area contributed by atoms with E-state index in [1.807, 2.05) is 53.1 Å². The zero-order valence-electron chi connectivity index (χ0n) is 26.9. The number of carboxylic acids is 1. The van der Waals surface area contributed by atoms with E-state index in [1.54, 1.807) is 11.3 Å². The molecule has 1 atom stereocenters. The number of aliphatic carboxylic acids is 1. The van der Waals surface area contributed by atoms with E-state index in [9.17, 15) is 9.90 Å². The Morgan fingerprint density at radius 1 is 1.02 bits per heavy atom. The zero-order valence-corrected chi connectivity index (χ0v) is 27.7. The van der Waals surface area contributed by atoms with Crippen molar-refractivity contribution in [3.63, 3.8) is 0 Å². The van der Waals surface area contributed by atoms with Gasteiger partial charge in [-0.1, -0.05) is 43.4 Å². The first-order valence-corrected chi connectivity index (χ1v) is 16.4. The topological polar surface area (TPSA) is 91.7 Å². The summed E-state index contributed by atoms with van der Waals surface area (Å²) in [5.74, 6) is -0.991. The fourth-order valence-electron chi connectivity index (χ4n) is 6.53. The van der Waals surface area contributed by atoms with Crippen LogP contribution in [0.5, 0.6) is 0 Å². The minimum Gasteiger partial charge on any atom is -0.479 e. The number of carbonyl (C=O) groups is 1. The lowest BCUT2D eigenvalue weighted by Crippen LogP contribution is -2.39. The highest BCUT2D eigenvalue weighted by atomic mass is 32.1. The van der Waals surface area contributed by atoms with Crippen molar-refractivity contribution in [2.24, 2.45) is 5.41 Å². The fraction of sp³-hybridized carbons (Fsp3) is 0.486. The summed E-state index contributed by atoms with van der Waals surface area (Å²) in [6, 6.07) is 8.74. The van der Waals surface area contributed by atoms with Crippen LogP contribution in [-0.4, -0.2) is 51.3 Å². The summed E-state index contributed by atoms with van der Waals surface area (Å²) in [7, 11) is 0. The lowest BCUT2D eigenvalue weighted by atomic mass is 9.81. The van der Waals surface area contributed by atoms with Gasteiger partial charge in [0, 0.05) is 54.9 Å². The van der Waals surface area contributed by atoms with Crippen molar-refractivity contribution in [3.05, 3.63) is 64.7 Å². The number of aryl methyl sites for hydroxylation is 2. The molecule has 0 amide bonds. The predicted octanol–water partition coefficient (Wildman–Crippen LogP) is 7.50. The molecule has 4 aromatic rings. The highest BCUT2D eigenvalue weighted by Gasteiger charge is 2.36. The van der Waals surface area contributed by atoms with Gasteiger partial charge in [0.15, 0.2) is 11.2 Å². The number of anilines is 2. The van der Waals surface area contributed by atoms with Gasteiger partial charge in [0.2, 0.25) is 0 Å². The second-order valence-corrected chi connectivity index (χ2v) is 15.0. The minimum atomic E-state index is -1.12. The number of hydrogen-bond acceptors (Lipinski definition) is 8. The number of carboxylic acid groups (broad SMARTS) is 1. The van der Waals surface area contributed by atoms with Crippen molar-refractivity contribution in [2.75, 3.05) is 29.4 Å². The van der Waals surface area contributed by atoms with E-state index in [4.69, 9.17) is 14.7 Å². The van der Waals surface area contributed by atoms with Crippen LogP contribution in [0.4, 0.5) is 10.8 Å². The number of nitrogens with zero attached hydrogens (tertiary/aromatic N) is 5. The molecule has 44 heavy (non-hydrogen) atoms. The van der Waals surface area contributed by atoms with Crippen LogP contribution in [0.15, 0.2) is 36.7 Å². The molecule has 2 aliphatic heterocycles. The van der Waals surface area contributed by atoms with Gasteiger partial charge < -0.3 is 19.6 Å². The largest absolute Gasteiger partial charge is 0.479 e. The Hall–Kier alpha value is -3.56. The van der Waals surface area contributed by atoms with Crippen molar-refractivity contribution >= 4 is 38.3 Å². The van der Waals surface area contributed by atoms with E-state index in [-0.39, 0.29) is 5.41 Å². The lowest BCUT2D eigenvalue weighted by molar-refractivity contribution is -0.160. The third kappa shape index (κ3) is 6.04. The first-order valence-electron chi connectivity index (χ1n) is 15.5. The number of benzene rings is 1. The molecular formula is C35H43N5O3S. The molecule has 0 aliphatic carbocycles. The monoisotopic (exact) mass is 613 g/mol. The van der Waals surface area contributed by atoms with Crippen molar-refractivity contribution in [1.82, 2.24) is 15.0 Å². The molecule has 1 aromatic carbocycles. The minimum absolute atomic E-state index is 0.250. The van der Waals surface area contributed by atoms with Gasteiger partial charge in [0.05, 0.1) is 22.2 Å². The Morgan fingerprint density at radius 3 is 2.45 bits per heavy atom. The highest BCUT2D eigenvalue weighted by molar-refractivity contribution is 7.22. The number of hydrogen-bond donors (Lipinski definition) is 1. The number of piperidine rings is 1. The molecule has 0 saturated carbocycles. The van der Waals surface area contributed by atoms with Gasteiger partial charge in [0.25, 0.3) is 0 Å². The van der Waals surface area contributed by atoms with Gasteiger partial charge >= 0.3 is 5.97 Å². The molecule has 1 N–H and O–H groups in total. The first-order chi connectivity index (χ1) is 20.8. The molecule has 0 radical (unpaired) electrons. The second-order valence-electron chi connectivity index (χ2n) is 14.0. The van der Waals surface area contributed by atoms with Gasteiger partial charge in [-0.3, -0.25) is 9.97 Å². The molecule has 1 saturated heterocycles. The number of pyridine rings is 2. The summed E-state index contributed by atoms with van der Waals surface area (Å²) in [5.41, 5.74) is 8.49. The Kier molecular flexibility index (Phi) is 7.91. The average Bonchev–Trinajstić information content (AvgIpc) is 3.39. The van der Waals surface area contributed by atoms with Gasteiger partial charge in [-0.25, -0.2) is 9.78 Å². The molecule has 6 rings (SSSR count). The van der Waals surface area contributed by atoms with E-state index in [0.29, 0.717) is 11.3 Å². The number of thiazole rings is 1. The Morgan fingerprint density at radius 2 is 1.77 bits per heavy atom. The molecule has 1 unspecified atom stereocenters. The summed E-state index contributed by atoms with van der Waals surface area (Å²) < 4.78 is 7.41. The number of fused-ring (bicyclic) bond motifs is 2. The van der Waals surface area contributed by atoms with Crippen LogP contribution in [0.25, 0.3) is 21.3 Å². The highest BCUT2D eigenvalue weighted by Crippen LogP contribution is 2.45. The molecule has 8 nitrogen and oxygen atoms in total. The molecule has 5 heterocycles. The number of rotatable bonds is 6. The molecule has 2 aliphatic rings. The smallest absolute Gasteiger partial charge is 0.337 e. The summed E-state index contributed by atoms with van der Waals surface area (Å²) >= 11 is 1.71. The molecule has 232 valence electrons. The van der Waals surface area contributed by atoms with Gasteiger partial charge in [-0.2, -0.15) is 0 Å². The quantitative estimate of drug-likeness (QED) is 0.239. The van der Waals surface area contributed by atoms with Gasteiger partial charge in [-0.15, -0.1) is 0 Å². The van der Waals surface area contributed by atoms with E-state index in [1.165, 1.54) is 11.1 Å². The van der Waals surface area contributed by atoms with Gasteiger partial charge in [-0.05, 0) is 82.1 Å². The molecule has 3 aromatic heterocycles. The predicted molar refractivity (Wildman–Crippen MR) is 178 cm³/mol. The molecule has 9 heteroatoms. The maximum atomic E-state index is 12.8. The zero-order chi connectivity index (χ0) is 31.4. The molecular weight excluding hydrogens is 570 g/mol. The Bertz CT molecular complexity index is 1680. The van der Waals surface area contributed by atoms with E-state index in [0.717, 1.165) is 83.3 Å². The normalized spacial score (nSPS) is 17.5. The van der Waals surface area contributed by atoms with Crippen molar-refractivity contribution in [3.8, 4) is 11.1 Å². The van der Waals surface area contributed by atoms with Crippen molar-refractivity contribution < 1.29 is 14.6 Å². The number of aromatic nitrogens is 3. The Balaban J connectivity index is 1.43. The third-order valence-corrected chi connectivity index (χ3v) is 10.0. The SMILES string of the molecule is Cc1nc(C)c(C(OC(C)(C)C)C(=O)O)c(N2CCC(C)(C)CC2)c1-c1ccc2c(c1)CCN(c1nc3cnccc3s1)C2. The maximum Gasteiger partial charge on any atom is 0.337 e. The van der Waals surface area contributed by atoms with Crippen LogP contribution in [0.1, 0.15) is 81.6 Å². The second kappa shape index (κ2) is 11.4. The van der Waals surface area contributed by atoms with E-state index >= 15 is 0 Å². The van der Waals surface area contributed by atoms with Crippen LogP contribution in [0, 0.1) is 19.3 Å². The van der Waals surface area contributed by atoms with Crippen LogP contribution < -0.4 is 9.80 Å². The van der Waals surface area contributed by atoms with Crippen molar-refractivity contribution in [2.45, 2.75) is 86.0 Å². The molecule has 0 bridgehead atoms. The van der Waals surface area contributed by atoms with Crippen molar-refractivity contribution in [1.29, 1.82) is 0 Å². The molecule has 0 spiro atoms. The summed E-state index contributed by atoms with van der Waals surface area (Å²) in [6.07, 6.45) is 5.49. The third-order valence-electron chi connectivity index (χ3n) is 8.93. The van der Waals surface area contributed by atoms with Crippen LogP contribution in [0.3, 0.4) is 0 Å². The van der Waals surface area contributed by atoms with Crippen LogP contribution in [0.2, 0.25) is 0 Å². The summed E-state index contributed by atoms with van der Waals surface area (Å²) in [4.78, 5) is 31.6. The number of ether oxygens (including phenoxy) is 1.